The van der Waals surface area contributed by atoms with Crippen LogP contribution >= 0.6 is 11.6 Å². The number of para-hydroxylation sites is 1. The number of piperazine rings is 1. The van der Waals surface area contributed by atoms with Crippen LogP contribution in [-0.4, -0.2) is 43.9 Å². The molecule has 0 bridgehead atoms. The van der Waals surface area contributed by atoms with Gasteiger partial charge in [-0.1, -0.05) is 23.7 Å². The van der Waals surface area contributed by atoms with Crippen molar-refractivity contribution in [3.63, 3.8) is 0 Å². The van der Waals surface area contributed by atoms with Gasteiger partial charge in [0.2, 0.25) is 6.79 Å². The Hall–Kier alpha value is -2.60. The Morgan fingerprint density at radius 2 is 1.76 bits per heavy atom. The Labute approximate surface area is 150 Å². The molecule has 0 atom stereocenters. The van der Waals surface area contributed by atoms with Crippen LogP contribution < -0.4 is 19.7 Å². The summed E-state index contributed by atoms with van der Waals surface area (Å²) in [7, 11) is 0. The minimum absolute atomic E-state index is 0.126. The largest absolute Gasteiger partial charge is 0.454 e. The molecule has 2 aromatic carbocycles. The zero-order valence-corrected chi connectivity index (χ0v) is 14.3. The van der Waals surface area contributed by atoms with Gasteiger partial charge in [-0.3, -0.25) is 0 Å². The number of nitrogens with one attached hydrogen (secondary N) is 1. The fourth-order valence-electron chi connectivity index (χ4n) is 3.01. The number of urea groups is 1. The maximum absolute atomic E-state index is 12.4. The molecular weight excluding hydrogens is 342 g/mol. The van der Waals surface area contributed by atoms with Crippen LogP contribution in [0.5, 0.6) is 11.5 Å². The highest BCUT2D eigenvalue weighted by Gasteiger charge is 2.23. The van der Waals surface area contributed by atoms with Gasteiger partial charge in [-0.05, 0) is 24.3 Å². The Kier molecular flexibility index (Phi) is 4.28. The van der Waals surface area contributed by atoms with E-state index in [4.69, 9.17) is 21.1 Å². The molecule has 0 aromatic heterocycles. The van der Waals surface area contributed by atoms with Gasteiger partial charge in [0.25, 0.3) is 0 Å². The van der Waals surface area contributed by atoms with E-state index in [2.05, 4.69) is 10.2 Å². The Morgan fingerprint density at radius 1 is 1.00 bits per heavy atom. The number of nitrogens with zero attached hydrogens (tertiary/aromatic N) is 2. The molecule has 25 heavy (non-hydrogen) atoms. The van der Waals surface area contributed by atoms with Crippen LogP contribution in [0.25, 0.3) is 0 Å². The van der Waals surface area contributed by atoms with E-state index in [9.17, 15) is 4.79 Å². The molecule has 0 spiro atoms. The SMILES string of the molecule is O=C(Nc1ccccc1Cl)N1CCN(c2ccc3c(c2)OCO3)CC1. The van der Waals surface area contributed by atoms with Crippen molar-refractivity contribution < 1.29 is 14.3 Å². The first kappa shape index (κ1) is 15.9. The molecule has 1 N–H and O–H groups in total. The number of hydrogen-bond donors (Lipinski definition) is 1. The molecule has 2 heterocycles. The van der Waals surface area contributed by atoms with Crippen molar-refractivity contribution in [2.75, 3.05) is 43.2 Å². The summed E-state index contributed by atoms with van der Waals surface area (Å²) < 4.78 is 10.8. The third-order valence-corrected chi connectivity index (χ3v) is 4.73. The molecule has 130 valence electrons. The highest BCUT2D eigenvalue weighted by atomic mass is 35.5. The summed E-state index contributed by atoms with van der Waals surface area (Å²) in [6.45, 7) is 3.08. The van der Waals surface area contributed by atoms with Crippen LogP contribution in [0.2, 0.25) is 5.02 Å². The third kappa shape index (κ3) is 3.30. The fraction of sp³-hybridized carbons (Fsp3) is 0.278. The van der Waals surface area contributed by atoms with Crippen molar-refractivity contribution in [2.24, 2.45) is 0 Å². The summed E-state index contributed by atoms with van der Waals surface area (Å²) in [6.07, 6.45) is 0. The van der Waals surface area contributed by atoms with Crippen LogP contribution in [0.4, 0.5) is 16.2 Å². The first-order valence-electron chi connectivity index (χ1n) is 8.16. The average molecular weight is 360 g/mol. The molecule has 6 nitrogen and oxygen atoms in total. The Morgan fingerprint density at radius 3 is 2.56 bits per heavy atom. The van der Waals surface area contributed by atoms with Gasteiger partial charge in [0, 0.05) is 37.9 Å². The van der Waals surface area contributed by atoms with E-state index in [1.807, 2.05) is 30.3 Å². The van der Waals surface area contributed by atoms with Gasteiger partial charge in [0.1, 0.15) is 0 Å². The predicted molar refractivity (Wildman–Crippen MR) is 96.8 cm³/mol. The van der Waals surface area contributed by atoms with Crippen molar-refractivity contribution in [3.05, 3.63) is 47.5 Å². The maximum Gasteiger partial charge on any atom is 0.322 e. The van der Waals surface area contributed by atoms with E-state index in [-0.39, 0.29) is 12.8 Å². The number of carbonyl (C=O) groups excluding carboxylic acids is 1. The molecule has 2 aromatic rings. The van der Waals surface area contributed by atoms with Gasteiger partial charge < -0.3 is 24.6 Å². The van der Waals surface area contributed by atoms with Crippen molar-refractivity contribution in [2.45, 2.75) is 0 Å². The van der Waals surface area contributed by atoms with Crippen molar-refractivity contribution in [3.8, 4) is 11.5 Å². The number of hydrogen-bond acceptors (Lipinski definition) is 4. The van der Waals surface area contributed by atoms with Crippen LogP contribution in [0.15, 0.2) is 42.5 Å². The van der Waals surface area contributed by atoms with Crippen LogP contribution in [0.3, 0.4) is 0 Å². The van der Waals surface area contributed by atoms with Crippen molar-refractivity contribution in [1.29, 1.82) is 0 Å². The standard InChI is InChI=1S/C18H18ClN3O3/c19-14-3-1-2-4-15(14)20-18(23)22-9-7-21(8-10-22)13-5-6-16-17(11-13)25-12-24-16/h1-6,11H,7-10,12H2,(H,20,23). The number of carbonyl (C=O) groups is 1. The Balaban J connectivity index is 1.36. The zero-order chi connectivity index (χ0) is 17.2. The molecule has 0 unspecified atom stereocenters. The summed E-state index contributed by atoms with van der Waals surface area (Å²) >= 11 is 6.09. The summed E-state index contributed by atoms with van der Waals surface area (Å²) in [5.74, 6) is 1.55. The molecule has 1 saturated heterocycles. The highest BCUT2D eigenvalue weighted by molar-refractivity contribution is 6.33. The van der Waals surface area contributed by atoms with Gasteiger partial charge in [0.15, 0.2) is 11.5 Å². The second-order valence-electron chi connectivity index (χ2n) is 5.92. The first-order chi connectivity index (χ1) is 12.2. The van der Waals surface area contributed by atoms with E-state index in [0.717, 1.165) is 30.3 Å². The van der Waals surface area contributed by atoms with Crippen LogP contribution in [0.1, 0.15) is 0 Å². The molecule has 2 aliphatic rings. The summed E-state index contributed by atoms with van der Waals surface area (Å²) in [4.78, 5) is 16.5. The molecule has 4 rings (SSSR count). The summed E-state index contributed by atoms with van der Waals surface area (Å²) in [5, 5.41) is 3.41. The van der Waals surface area contributed by atoms with E-state index >= 15 is 0 Å². The van der Waals surface area contributed by atoms with E-state index in [1.54, 1.807) is 17.0 Å². The quantitative estimate of drug-likeness (QED) is 0.892. The molecule has 1 fully saturated rings. The molecule has 7 heteroatoms. The molecular formula is C18H18ClN3O3. The third-order valence-electron chi connectivity index (χ3n) is 4.40. The molecule has 0 radical (unpaired) electrons. The second-order valence-corrected chi connectivity index (χ2v) is 6.33. The monoisotopic (exact) mass is 359 g/mol. The van der Waals surface area contributed by atoms with E-state index in [1.165, 1.54) is 0 Å². The summed E-state index contributed by atoms with van der Waals surface area (Å²) in [6, 6.07) is 13.0. The Bertz CT molecular complexity index is 791. The smallest absolute Gasteiger partial charge is 0.322 e. The molecule has 2 amide bonds. The number of fused-ring (bicyclic) bond motifs is 1. The normalized spacial score (nSPS) is 16.0. The second kappa shape index (κ2) is 6.72. The average Bonchev–Trinajstić information content (AvgIpc) is 3.11. The predicted octanol–water partition coefficient (Wildman–Crippen LogP) is 3.42. The number of amides is 2. The first-order valence-corrected chi connectivity index (χ1v) is 8.53. The minimum atomic E-state index is -0.126. The molecule has 0 saturated carbocycles. The van der Waals surface area contributed by atoms with Crippen molar-refractivity contribution >= 4 is 29.0 Å². The maximum atomic E-state index is 12.4. The van der Waals surface area contributed by atoms with Gasteiger partial charge in [-0.25, -0.2) is 4.79 Å². The topological polar surface area (TPSA) is 54.0 Å². The summed E-state index contributed by atoms with van der Waals surface area (Å²) in [5.41, 5.74) is 1.71. The molecule has 2 aliphatic heterocycles. The lowest BCUT2D eigenvalue weighted by Gasteiger charge is -2.36. The minimum Gasteiger partial charge on any atom is -0.454 e. The number of ether oxygens (including phenoxy) is 2. The van der Waals surface area contributed by atoms with Crippen molar-refractivity contribution in [1.82, 2.24) is 4.90 Å². The lowest BCUT2D eigenvalue weighted by atomic mass is 10.2. The van der Waals surface area contributed by atoms with Gasteiger partial charge in [0.05, 0.1) is 10.7 Å². The van der Waals surface area contributed by atoms with Gasteiger partial charge >= 0.3 is 6.03 Å². The zero-order valence-electron chi connectivity index (χ0n) is 13.6. The lowest BCUT2D eigenvalue weighted by Crippen LogP contribution is -2.50. The number of rotatable bonds is 2. The number of anilines is 2. The lowest BCUT2D eigenvalue weighted by molar-refractivity contribution is 0.174. The number of benzene rings is 2. The fourth-order valence-corrected chi connectivity index (χ4v) is 3.19. The highest BCUT2D eigenvalue weighted by Crippen LogP contribution is 2.35. The van der Waals surface area contributed by atoms with E-state index < -0.39 is 0 Å². The van der Waals surface area contributed by atoms with Gasteiger partial charge in [-0.15, -0.1) is 0 Å². The van der Waals surface area contributed by atoms with Gasteiger partial charge in [-0.2, -0.15) is 0 Å². The van der Waals surface area contributed by atoms with E-state index in [0.29, 0.717) is 23.8 Å². The molecule has 0 aliphatic carbocycles. The van der Waals surface area contributed by atoms with Crippen LogP contribution in [-0.2, 0) is 0 Å². The van der Waals surface area contributed by atoms with Crippen LogP contribution in [0, 0.1) is 0 Å². The number of halogens is 1.